The monoisotopic (exact) mass is 199 g/mol. The number of carbonyl (C=O) groups is 1. The van der Waals surface area contributed by atoms with Gasteiger partial charge in [-0.15, -0.1) is 11.6 Å². The van der Waals surface area contributed by atoms with Gasteiger partial charge in [-0.2, -0.15) is 0 Å². The van der Waals surface area contributed by atoms with Crippen molar-refractivity contribution in [3.63, 3.8) is 0 Å². The molecule has 1 amide bonds. The van der Waals surface area contributed by atoms with Crippen LogP contribution in [0.5, 0.6) is 0 Å². The molecule has 1 atom stereocenters. The number of nitrogens with zero attached hydrogens (tertiary/aromatic N) is 1. The fraction of sp³-hybridized carbons (Fsp3) is 0.444. The second kappa shape index (κ2) is 3.07. The van der Waals surface area contributed by atoms with Gasteiger partial charge in [-0.1, -0.05) is 12.2 Å². The van der Waals surface area contributed by atoms with Gasteiger partial charge in [0.1, 0.15) is 0 Å². The van der Waals surface area contributed by atoms with Gasteiger partial charge in [-0.05, 0) is 17.6 Å². The Bertz CT molecular complexity index is 309. The Kier molecular flexibility index (Phi) is 2.04. The Morgan fingerprint density at radius 1 is 1.62 bits per heavy atom. The van der Waals surface area contributed by atoms with Gasteiger partial charge >= 0.3 is 6.09 Å². The largest absolute Gasteiger partial charge is 0.465 e. The molecule has 1 aliphatic carbocycles. The van der Waals surface area contributed by atoms with Crippen LogP contribution in [0.2, 0.25) is 0 Å². The number of rotatable bonds is 0. The van der Waals surface area contributed by atoms with Crippen LogP contribution in [-0.4, -0.2) is 34.6 Å². The molecule has 0 saturated carbocycles. The summed E-state index contributed by atoms with van der Waals surface area (Å²) in [6, 6.07) is 0. The Labute approximate surface area is 81.3 Å². The fourth-order valence-corrected chi connectivity index (χ4v) is 1.99. The lowest BCUT2D eigenvalue weighted by Gasteiger charge is -2.11. The van der Waals surface area contributed by atoms with E-state index >= 15 is 0 Å². The highest BCUT2D eigenvalue weighted by Crippen LogP contribution is 2.28. The first kappa shape index (κ1) is 8.63. The van der Waals surface area contributed by atoms with Crippen molar-refractivity contribution in [1.82, 2.24) is 4.90 Å². The lowest BCUT2D eigenvalue weighted by Crippen LogP contribution is -2.27. The van der Waals surface area contributed by atoms with Crippen molar-refractivity contribution in [3.8, 4) is 0 Å². The minimum absolute atomic E-state index is 0.0347. The standard InChI is InChI=1S/C9H10ClNO2/c10-8-2-1-6-4-11(9(12)13)5-7(6)3-8/h1-2,8H,3-5H2,(H,12,13). The molecule has 0 aromatic heterocycles. The quantitative estimate of drug-likeness (QED) is 0.605. The first-order valence-electron chi connectivity index (χ1n) is 4.18. The molecule has 2 aliphatic rings. The van der Waals surface area contributed by atoms with Crippen LogP contribution >= 0.6 is 11.6 Å². The van der Waals surface area contributed by atoms with Crippen LogP contribution in [0.3, 0.4) is 0 Å². The van der Waals surface area contributed by atoms with Gasteiger partial charge < -0.3 is 10.0 Å². The molecule has 0 radical (unpaired) electrons. The molecule has 4 heteroatoms. The lowest BCUT2D eigenvalue weighted by molar-refractivity contribution is 0.156. The molecule has 0 bridgehead atoms. The van der Waals surface area contributed by atoms with Gasteiger partial charge in [0.05, 0.1) is 5.38 Å². The zero-order chi connectivity index (χ0) is 9.42. The molecule has 13 heavy (non-hydrogen) atoms. The van der Waals surface area contributed by atoms with Crippen LogP contribution in [0.4, 0.5) is 4.79 Å². The highest BCUT2D eigenvalue weighted by molar-refractivity contribution is 6.22. The Morgan fingerprint density at radius 2 is 2.38 bits per heavy atom. The molecule has 1 heterocycles. The normalized spacial score (nSPS) is 26.5. The maximum absolute atomic E-state index is 10.7. The Morgan fingerprint density at radius 3 is 3.08 bits per heavy atom. The van der Waals surface area contributed by atoms with Gasteiger partial charge in [0, 0.05) is 13.1 Å². The molecule has 2 rings (SSSR count). The number of amides is 1. The third-order valence-corrected chi connectivity index (χ3v) is 2.71. The zero-order valence-electron chi connectivity index (χ0n) is 7.03. The molecule has 0 spiro atoms. The highest BCUT2D eigenvalue weighted by atomic mass is 35.5. The van der Waals surface area contributed by atoms with Crippen molar-refractivity contribution in [2.45, 2.75) is 11.8 Å². The van der Waals surface area contributed by atoms with E-state index in [0.29, 0.717) is 13.1 Å². The molecule has 0 aromatic rings. The molecular formula is C9H10ClNO2. The third kappa shape index (κ3) is 1.56. The lowest BCUT2D eigenvalue weighted by atomic mass is 10.0. The van der Waals surface area contributed by atoms with E-state index in [-0.39, 0.29) is 5.38 Å². The molecule has 0 saturated heterocycles. The summed E-state index contributed by atoms with van der Waals surface area (Å²) >= 11 is 5.92. The van der Waals surface area contributed by atoms with E-state index in [1.165, 1.54) is 10.5 Å². The van der Waals surface area contributed by atoms with Crippen LogP contribution < -0.4 is 0 Å². The van der Waals surface area contributed by atoms with Crippen LogP contribution in [0, 0.1) is 0 Å². The molecule has 70 valence electrons. The molecule has 3 nitrogen and oxygen atoms in total. The summed E-state index contributed by atoms with van der Waals surface area (Å²) in [5.74, 6) is 0. The van der Waals surface area contributed by atoms with E-state index < -0.39 is 6.09 Å². The highest BCUT2D eigenvalue weighted by Gasteiger charge is 2.26. The average Bonchev–Trinajstić information content (AvgIpc) is 2.46. The fourth-order valence-electron chi connectivity index (χ4n) is 1.73. The van der Waals surface area contributed by atoms with Gasteiger partial charge in [0.15, 0.2) is 0 Å². The van der Waals surface area contributed by atoms with E-state index in [0.717, 1.165) is 12.0 Å². The van der Waals surface area contributed by atoms with Crippen LogP contribution in [0.25, 0.3) is 0 Å². The van der Waals surface area contributed by atoms with Crippen LogP contribution in [-0.2, 0) is 0 Å². The van der Waals surface area contributed by atoms with Gasteiger partial charge in [0.25, 0.3) is 0 Å². The third-order valence-electron chi connectivity index (χ3n) is 2.42. The summed E-state index contributed by atoms with van der Waals surface area (Å²) in [7, 11) is 0. The number of allylic oxidation sites excluding steroid dienone is 1. The minimum Gasteiger partial charge on any atom is -0.465 e. The Balaban J connectivity index is 2.12. The van der Waals surface area contributed by atoms with E-state index in [4.69, 9.17) is 16.7 Å². The summed E-state index contributed by atoms with van der Waals surface area (Å²) < 4.78 is 0. The van der Waals surface area contributed by atoms with Gasteiger partial charge in [-0.3, -0.25) is 0 Å². The number of alkyl halides is 1. The molecule has 0 fully saturated rings. The number of hydrogen-bond acceptors (Lipinski definition) is 1. The molecule has 1 unspecified atom stereocenters. The second-order valence-corrected chi connectivity index (χ2v) is 3.91. The van der Waals surface area contributed by atoms with E-state index in [1.54, 1.807) is 0 Å². The van der Waals surface area contributed by atoms with Crippen LogP contribution in [0.15, 0.2) is 23.3 Å². The summed E-state index contributed by atoms with van der Waals surface area (Å²) in [5.41, 5.74) is 2.30. The summed E-state index contributed by atoms with van der Waals surface area (Å²) in [6.07, 6.45) is 3.80. The number of hydrogen-bond donors (Lipinski definition) is 1. The van der Waals surface area contributed by atoms with E-state index in [1.807, 2.05) is 12.2 Å². The van der Waals surface area contributed by atoms with Crippen LogP contribution in [0.1, 0.15) is 6.42 Å². The smallest absolute Gasteiger partial charge is 0.407 e. The minimum atomic E-state index is -0.853. The van der Waals surface area contributed by atoms with Gasteiger partial charge in [-0.25, -0.2) is 4.79 Å². The summed E-state index contributed by atoms with van der Waals surface area (Å²) in [4.78, 5) is 12.1. The number of carboxylic acid groups (broad SMARTS) is 1. The SMILES string of the molecule is O=C(O)N1CC2=C(CC(Cl)C=C2)C1. The zero-order valence-corrected chi connectivity index (χ0v) is 7.79. The first-order valence-corrected chi connectivity index (χ1v) is 4.61. The van der Waals surface area contributed by atoms with Gasteiger partial charge in [0.2, 0.25) is 0 Å². The van der Waals surface area contributed by atoms with Crippen molar-refractivity contribution in [3.05, 3.63) is 23.3 Å². The molecule has 1 N–H and O–H groups in total. The van der Waals surface area contributed by atoms with Crippen molar-refractivity contribution < 1.29 is 9.90 Å². The average molecular weight is 200 g/mol. The predicted octanol–water partition coefficient (Wildman–Crippen LogP) is 1.84. The maximum Gasteiger partial charge on any atom is 0.407 e. The first-order chi connectivity index (χ1) is 6.16. The summed E-state index contributed by atoms with van der Waals surface area (Å²) in [6.45, 7) is 1.04. The van der Waals surface area contributed by atoms with Crippen molar-refractivity contribution in [1.29, 1.82) is 0 Å². The van der Waals surface area contributed by atoms with Crippen molar-refractivity contribution in [2.75, 3.05) is 13.1 Å². The van der Waals surface area contributed by atoms with E-state index in [9.17, 15) is 4.79 Å². The summed E-state index contributed by atoms with van der Waals surface area (Å²) in [5, 5.41) is 8.80. The molecular weight excluding hydrogens is 190 g/mol. The molecule has 1 aliphatic heterocycles. The van der Waals surface area contributed by atoms with E-state index in [2.05, 4.69) is 0 Å². The predicted molar refractivity (Wildman–Crippen MR) is 50.0 cm³/mol. The maximum atomic E-state index is 10.7. The van der Waals surface area contributed by atoms with Crippen molar-refractivity contribution in [2.24, 2.45) is 0 Å². The topological polar surface area (TPSA) is 40.5 Å². The Hall–Kier alpha value is -0.960. The molecule has 0 aromatic carbocycles. The second-order valence-electron chi connectivity index (χ2n) is 3.35. The van der Waals surface area contributed by atoms with Crippen molar-refractivity contribution >= 4 is 17.7 Å². The number of halogens is 1.